The Hall–Kier alpha value is -8.20. The molecule has 0 aliphatic heterocycles. The van der Waals surface area contributed by atoms with Crippen LogP contribution in [0, 0.1) is 0 Å². The van der Waals surface area contributed by atoms with Crippen LogP contribution < -0.4 is 9.80 Å². The zero-order chi connectivity index (χ0) is 41.2. The van der Waals surface area contributed by atoms with E-state index in [-0.39, 0.29) is 0 Å². The van der Waals surface area contributed by atoms with Gasteiger partial charge in [0.25, 0.3) is 0 Å². The van der Waals surface area contributed by atoms with E-state index in [0.717, 1.165) is 34.1 Å². The summed E-state index contributed by atoms with van der Waals surface area (Å²) >= 11 is 0. The van der Waals surface area contributed by atoms with Crippen LogP contribution in [-0.2, 0) is 0 Å². The molecule has 0 aliphatic carbocycles. The van der Waals surface area contributed by atoms with Crippen LogP contribution in [0.5, 0.6) is 0 Å². The predicted octanol–water partition coefficient (Wildman–Crippen LogP) is 17.1. The van der Waals surface area contributed by atoms with Gasteiger partial charge in [0.15, 0.2) is 0 Å². The lowest BCUT2D eigenvalue weighted by molar-refractivity contribution is 1.29. The van der Waals surface area contributed by atoms with Crippen LogP contribution in [0.3, 0.4) is 0 Å². The second-order valence-electron chi connectivity index (χ2n) is 15.8. The predicted molar refractivity (Wildman–Crippen MR) is 265 cm³/mol. The van der Waals surface area contributed by atoms with Crippen LogP contribution >= 0.6 is 0 Å². The number of benzene rings is 11. The summed E-state index contributed by atoms with van der Waals surface area (Å²) in [5.74, 6) is 0. The molecule has 0 saturated heterocycles. The number of nitrogens with zero attached hydrogens (tertiary/aromatic N) is 2. The number of rotatable bonds is 9. The van der Waals surface area contributed by atoms with Crippen LogP contribution in [0.4, 0.5) is 34.1 Å². The van der Waals surface area contributed by atoms with Gasteiger partial charge in [-0.25, -0.2) is 0 Å². The van der Waals surface area contributed by atoms with Crippen LogP contribution in [0.2, 0.25) is 0 Å². The summed E-state index contributed by atoms with van der Waals surface area (Å²) in [6, 6.07) is 92.1. The van der Waals surface area contributed by atoms with E-state index in [2.05, 4.69) is 265 Å². The van der Waals surface area contributed by atoms with Gasteiger partial charge in [-0.2, -0.15) is 0 Å². The molecule has 11 aromatic rings. The Labute approximate surface area is 362 Å². The van der Waals surface area contributed by atoms with Gasteiger partial charge in [-0.05, 0) is 127 Å². The number of fused-ring (bicyclic) bond motifs is 3. The molecule has 62 heavy (non-hydrogen) atoms. The molecule has 2 heteroatoms. The first-order valence-corrected chi connectivity index (χ1v) is 21.2. The second kappa shape index (κ2) is 16.1. The maximum atomic E-state index is 2.41. The van der Waals surface area contributed by atoms with Gasteiger partial charge in [0.05, 0.1) is 5.69 Å². The molecule has 0 atom stereocenters. The highest BCUT2D eigenvalue weighted by atomic mass is 15.1. The van der Waals surface area contributed by atoms with Crippen LogP contribution in [0.1, 0.15) is 0 Å². The van der Waals surface area contributed by atoms with E-state index >= 15 is 0 Å². The molecule has 0 aliphatic rings. The quantitative estimate of drug-likeness (QED) is 0.144. The highest BCUT2D eigenvalue weighted by molar-refractivity contribution is 6.06. The summed E-state index contributed by atoms with van der Waals surface area (Å²) in [6.45, 7) is 0. The fourth-order valence-corrected chi connectivity index (χ4v) is 8.90. The fourth-order valence-electron chi connectivity index (χ4n) is 8.90. The first kappa shape index (κ1) is 36.8. The number of hydrogen-bond acceptors (Lipinski definition) is 2. The Morgan fingerprint density at radius 2 is 0.581 bits per heavy atom. The third kappa shape index (κ3) is 7.04. The number of anilines is 6. The monoisotopic (exact) mass is 790 g/mol. The Bertz CT molecular complexity index is 3320. The molecule has 0 radical (unpaired) electrons. The van der Waals surface area contributed by atoms with Gasteiger partial charge in [0.2, 0.25) is 0 Å². The molecule has 0 aromatic heterocycles. The molecule has 2 nitrogen and oxygen atoms in total. The van der Waals surface area contributed by atoms with Gasteiger partial charge in [0.1, 0.15) is 0 Å². The van der Waals surface area contributed by atoms with E-state index in [9.17, 15) is 0 Å². The first-order valence-electron chi connectivity index (χ1n) is 21.2. The smallest absolute Gasteiger partial charge is 0.0546 e. The summed E-state index contributed by atoms with van der Waals surface area (Å²) in [7, 11) is 0. The maximum Gasteiger partial charge on any atom is 0.0546 e. The normalized spacial score (nSPS) is 11.2. The van der Waals surface area contributed by atoms with Crippen molar-refractivity contribution in [3.8, 4) is 33.4 Å². The molecule has 0 amide bonds. The maximum absolute atomic E-state index is 2.41. The Morgan fingerprint density at radius 1 is 0.210 bits per heavy atom. The molecular formula is C60H42N2. The van der Waals surface area contributed by atoms with E-state index in [4.69, 9.17) is 0 Å². The van der Waals surface area contributed by atoms with Crippen molar-refractivity contribution in [1.82, 2.24) is 0 Å². The topological polar surface area (TPSA) is 6.48 Å². The van der Waals surface area contributed by atoms with Gasteiger partial charge in [-0.15, -0.1) is 0 Å². The summed E-state index contributed by atoms with van der Waals surface area (Å²) in [5.41, 5.74) is 13.8. The molecule has 0 N–H and O–H groups in total. The zero-order valence-corrected chi connectivity index (χ0v) is 34.1. The standard InChI is InChI=1S/C60H42N2/c1-3-16-50(17-4-1)60-58-22-12-11-15-49(58)33-40-59(60)62(57-39-32-44-14-8-10-19-52(44)42-57)55-36-29-48(30-37-55)46-25-23-45(24-26-46)47-27-34-54(35-28-47)61(53-20-5-2-6-21-53)56-38-31-43-13-7-9-18-51(43)41-56/h1-42H. The van der Waals surface area contributed by atoms with Crippen molar-refractivity contribution in [3.63, 3.8) is 0 Å². The van der Waals surface area contributed by atoms with Gasteiger partial charge in [-0.3, -0.25) is 0 Å². The minimum absolute atomic E-state index is 1.10. The van der Waals surface area contributed by atoms with E-state index in [0.29, 0.717) is 0 Å². The summed E-state index contributed by atoms with van der Waals surface area (Å²) in [4.78, 5) is 4.74. The highest BCUT2D eigenvalue weighted by Crippen LogP contribution is 2.45. The third-order valence-corrected chi connectivity index (χ3v) is 12.0. The lowest BCUT2D eigenvalue weighted by Gasteiger charge is -2.29. The van der Waals surface area contributed by atoms with Crippen LogP contribution in [0.25, 0.3) is 65.7 Å². The molecule has 0 heterocycles. The average molecular weight is 791 g/mol. The molecule has 11 aromatic carbocycles. The fraction of sp³-hybridized carbons (Fsp3) is 0. The van der Waals surface area contributed by atoms with Crippen molar-refractivity contribution in [2.45, 2.75) is 0 Å². The van der Waals surface area contributed by atoms with Gasteiger partial charge >= 0.3 is 0 Å². The number of para-hydroxylation sites is 1. The lowest BCUT2D eigenvalue weighted by atomic mass is 9.94. The van der Waals surface area contributed by atoms with Gasteiger partial charge in [-0.1, -0.05) is 188 Å². The highest BCUT2D eigenvalue weighted by Gasteiger charge is 2.20. The van der Waals surface area contributed by atoms with E-state index in [1.54, 1.807) is 0 Å². The molecule has 0 fully saturated rings. The molecule has 0 spiro atoms. The van der Waals surface area contributed by atoms with Crippen molar-refractivity contribution >= 4 is 66.4 Å². The van der Waals surface area contributed by atoms with Gasteiger partial charge in [0, 0.05) is 34.0 Å². The van der Waals surface area contributed by atoms with Crippen molar-refractivity contribution in [1.29, 1.82) is 0 Å². The zero-order valence-electron chi connectivity index (χ0n) is 34.1. The van der Waals surface area contributed by atoms with Crippen molar-refractivity contribution < 1.29 is 0 Å². The first-order chi connectivity index (χ1) is 30.7. The Morgan fingerprint density at radius 3 is 1.13 bits per heavy atom. The van der Waals surface area contributed by atoms with Gasteiger partial charge < -0.3 is 9.80 Å². The lowest BCUT2D eigenvalue weighted by Crippen LogP contribution is -2.11. The summed E-state index contributed by atoms with van der Waals surface area (Å²) < 4.78 is 0. The summed E-state index contributed by atoms with van der Waals surface area (Å²) in [5, 5.41) is 7.34. The molecule has 292 valence electrons. The molecule has 0 unspecified atom stereocenters. The molecule has 0 saturated carbocycles. The average Bonchev–Trinajstić information content (AvgIpc) is 3.35. The van der Waals surface area contributed by atoms with Crippen molar-refractivity contribution in [2.75, 3.05) is 9.80 Å². The Balaban J connectivity index is 0.921. The third-order valence-electron chi connectivity index (χ3n) is 12.0. The molecule has 0 bridgehead atoms. The van der Waals surface area contributed by atoms with Crippen LogP contribution in [-0.4, -0.2) is 0 Å². The van der Waals surface area contributed by atoms with Crippen LogP contribution in [0.15, 0.2) is 255 Å². The minimum atomic E-state index is 1.10. The minimum Gasteiger partial charge on any atom is -0.310 e. The van der Waals surface area contributed by atoms with E-state index < -0.39 is 0 Å². The number of hydrogen-bond donors (Lipinski definition) is 0. The SMILES string of the molecule is c1ccc(-c2c(N(c3ccc(-c4ccc(-c5ccc(N(c6ccccc6)c6ccc7ccccc7c6)cc5)cc4)cc3)c3ccc4ccccc4c3)ccc3ccccc23)cc1. The van der Waals surface area contributed by atoms with E-state index in [1.807, 2.05) is 0 Å². The molecule has 11 rings (SSSR count). The van der Waals surface area contributed by atoms with E-state index in [1.165, 1.54) is 65.7 Å². The molecular weight excluding hydrogens is 749 g/mol. The largest absolute Gasteiger partial charge is 0.310 e. The second-order valence-corrected chi connectivity index (χ2v) is 15.8. The Kier molecular flexibility index (Phi) is 9.57. The van der Waals surface area contributed by atoms with Crippen molar-refractivity contribution in [3.05, 3.63) is 255 Å². The summed E-state index contributed by atoms with van der Waals surface area (Å²) in [6.07, 6.45) is 0. The van der Waals surface area contributed by atoms with Crippen molar-refractivity contribution in [2.24, 2.45) is 0 Å².